The first kappa shape index (κ1) is 20.2. The first-order chi connectivity index (χ1) is 13.5. The van der Waals surface area contributed by atoms with Crippen molar-refractivity contribution in [3.05, 3.63) is 58.6 Å². The number of carbonyl (C=O) groups is 1. The monoisotopic (exact) mass is 401 g/mol. The number of hydrogen-bond donors (Lipinski definition) is 2. The van der Waals surface area contributed by atoms with Gasteiger partial charge in [-0.3, -0.25) is 10.1 Å². The van der Waals surface area contributed by atoms with Crippen LogP contribution in [0.25, 0.3) is 0 Å². The van der Waals surface area contributed by atoms with Gasteiger partial charge in [0.05, 0.1) is 19.8 Å². The number of hydrogen-bond acceptors (Lipinski definition) is 4. The molecule has 1 amide bonds. The number of anilines is 1. The lowest BCUT2D eigenvalue weighted by Crippen LogP contribution is -2.37. The van der Waals surface area contributed by atoms with E-state index in [1.54, 1.807) is 37.4 Å². The Hall–Kier alpha value is -2.57. The molecule has 28 heavy (non-hydrogen) atoms. The number of aryl methyl sites for hydroxylation is 1. The van der Waals surface area contributed by atoms with Gasteiger partial charge in [0.25, 0.3) is 5.91 Å². The number of methoxy groups -OCH3 is 1. The van der Waals surface area contributed by atoms with Crippen LogP contribution in [-0.4, -0.2) is 38.2 Å². The average Bonchev–Trinajstić information content (AvgIpc) is 3.21. The molecule has 1 heterocycles. The maximum Gasteiger partial charge on any atom is 0.258 e. The zero-order valence-corrected chi connectivity index (χ0v) is 16.8. The molecule has 2 aromatic carbocycles. The van der Waals surface area contributed by atoms with Crippen LogP contribution in [0.4, 0.5) is 5.69 Å². The van der Waals surface area contributed by atoms with Crippen molar-refractivity contribution < 1.29 is 14.3 Å². The Balaban J connectivity index is 1.78. The molecule has 7 heteroatoms. The van der Waals surface area contributed by atoms with Crippen LogP contribution < -0.4 is 15.4 Å². The fourth-order valence-corrected chi connectivity index (χ4v) is 3.16. The van der Waals surface area contributed by atoms with Gasteiger partial charge in [-0.25, -0.2) is 4.99 Å². The maximum absolute atomic E-state index is 12.7. The number of halogens is 1. The van der Waals surface area contributed by atoms with E-state index in [-0.39, 0.29) is 12.0 Å². The highest BCUT2D eigenvalue weighted by molar-refractivity contribution is 6.30. The molecule has 0 aromatic heterocycles. The van der Waals surface area contributed by atoms with Crippen LogP contribution in [0.2, 0.25) is 5.02 Å². The second-order valence-electron chi connectivity index (χ2n) is 6.59. The molecule has 1 unspecified atom stereocenters. The fraction of sp³-hybridized carbons (Fsp3) is 0.333. The highest BCUT2D eigenvalue weighted by Crippen LogP contribution is 2.20. The second kappa shape index (κ2) is 9.57. The number of amides is 1. The number of nitrogens with zero attached hydrogens (tertiary/aromatic N) is 1. The van der Waals surface area contributed by atoms with Crippen molar-refractivity contribution in [1.82, 2.24) is 5.32 Å². The van der Waals surface area contributed by atoms with Crippen molar-refractivity contribution >= 4 is 29.2 Å². The molecule has 0 saturated carbocycles. The molecule has 0 bridgehead atoms. The number of aliphatic imine (C=N–C) groups is 1. The third kappa shape index (κ3) is 5.47. The Labute approximate surface area is 169 Å². The van der Waals surface area contributed by atoms with Gasteiger partial charge in [-0.15, -0.1) is 0 Å². The topological polar surface area (TPSA) is 72.0 Å². The molecule has 0 aliphatic carbocycles. The lowest BCUT2D eigenvalue weighted by Gasteiger charge is -2.15. The first-order valence-electron chi connectivity index (χ1n) is 9.20. The number of rotatable bonds is 5. The van der Waals surface area contributed by atoms with Gasteiger partial charge in [-0.1, -0.05) is 17.7 Å². The summed E-state index contributed by atoms with van der Waals surface area (Å²) in [5.41, 5.74) is 2.26. The molecule has 3 rings (SSSR count). The van der Waals surface area contributed by atoms with Crippen LogP contribution in [0.1, 0.15) is 28.8 Å². The largest absolute Gasteiger partial charge is 0.497 e. The fourth-order valence-electron chi connectivity index (χ4n) is 2.93. The molecule has 0 spiro atoms. The van der Waals surface area contributed by atoms with Crippen LogP contribution in [-0.2, 0) is 4.74 Å². The predicted molar refractivity (Wildman–Crippen MR) is 112 cm³/mol. The minimum absolute atomic E-state index is 0.0804. The van der Waals surface area contributed by atoms with Gasteiger partial charge in [-0.05, 0) is 61.7 Å². The van der Waals surface area contributed by atoms with Crippen molar-refractivity contribution in [3.8, 4) is 5.75 Å². The lowest BCUT2D eigenvalue weighted by atomic mass is 10.2. The maximum atomic E-state index is 12.7. The normalized spacial score (nSPS) is 16.7. The Bertz CT molecular complexity index is 864. The van der Waals surface area contributed by atoms with E-state index in [1.165, 1.54) is 0 Å². The van der Waals surface area contributed by atoms with Crippen molar-refractivity contribution in [2.24, 2.45) is 4.99 Å². The van der Waals surface area contributed by atoms with E-state index in [0.29, 0.717) is 28.8 Å². The minimum atomic E-state index is -0.274. The van der Waals surface area contributed by atoms with E-state index < -0.39 is 0 Å². The second-order valence-corrected chi connectivity index (χ2v) is 7.03. The molecule has 148 valence electrons. The Morgan fingerprint density at radius 3 is 2.89 bits per heavy atom. The summed E-state index contributed by atoms with van der Waals surface area (Å²) in [4.78, 5) is 17.3. The zero-order valence-electron chi connectivity index (χ0n) is 16.0. The van der Waals surface area contributed by atoms with Gasteiger partial charge in [0, 0.05) is 22.9 Å². The van der Waals surface area contributed by atoms with Gasteiger partial charge < -0.3 is 14.8 Å². The highest BCUT2D eigenvalue weighted by atomic mass is 35.5. The Morgan fingerprint density at radius 2 is 2.18 bits per heavy atom. The van der Waals surface area contributed by atoms with Crippen molar-refractivity contribution in [3.63, 3.8) is 0 Å². The summed E-state index contributed by atoms with van der Waals surface area (Å²) < 4.78 is 10.8. The van der Waals surface area contributed by atoms with E-state index >= 15 is 0 Å². The van der Waals surface area contributed by atoms with Crippen molar-refractivity contribution in [2.45, 2.75) is 25.9 Å². The SMILES string of the molecule is COc1cccc(C(=O)NC(=NCC2CCCO2)Nc2ccc(Cl)cc2C)c1. The molecule has 1 fully saturated rings. The summed E-state index contributed by atoms with van der Waals surface area (Å²) in [6.07, 6.45) is 2.09. The number of nitrogens with one attached hydrogen (secondary N) is 2. The van der Waals surface area contributed by atoms with Gasteiger partial charge in [-0.2, -0.15) is 0 Å². The quantitative estimate of drug-likeness (QED) is 0.586. The Kier molecular flexibility index (Phi) is 6.90. The highest BCUT2D eigenvalue weighted by Gasteiger charge is 2.16. The average molecular weight is 402 g/mol. The number of carbonyl (C=O) groups excluding carboxylic acids is 1. The van der Waals surface area contributed by atoms with E-state index in [2.05, 4.69) is 15.6 Å². The molecule has 1 aliphatic rings. The zero-order chi connectivity index (χ0) is 19.9. The summed E-state index contributed by atoms with van der Waals surface area (Å²) in [7, 11) is 1.57. The van der Waals surface area contributed by atoms with Crippen LogP contribution in [0.3, 0.4) is 0 Å². The molecule has 1 atom stereocenters. The van der Waals surface area contributed by atoms with Crippen molar-refractivity contribution in [2.75, 3.05) is 25.6 Å². The smallest absolute Gasteiger partial charge is 0.258 e. The van der Waals surface area contributed by atoms with Gasteiger partial charge in [0.1, 0.15) is 5.75 Å². The van der Waals surface area contributed by atoms with E-state index in [4.69, 9.17) is 21.1 Å². The van der Waals surface area contributed by atoms with E-state index in [9.17, 15) is 4.79 Å². The summed E-state index contributed by atoms with van der Waals surface area (Å²) in [5.74, 6) is 0.713. The minimum Gasteiger partial charge on any atom is -0.497 e. The molecule has 6 nitrogen and oxygen atoms in total. The third-order valence-electron chi connectivity index (χ3n) is 4.48. The van der Waals surface area contributed by atoms with Crippen molar-refractivity contribution in [1.29, 1.82) is 0 Å². The summed E-state index contributed by atoms with van der Waals surface area (Å²) in [6.45, 7) is 3.18. The lowest BCUT2D eigenvalue weighted by molar-refractivity contribution is 0.0975. The molecule has 1 aliphatic heterocycles. The molecule has 2 aromatic rings. The molecule has 2 N–H and O–H groups in total. The number of guanidine groups is 1. The van der Waals surface area contributed by atoms with Gasteiger partial charge in [0.2, 0.25) is 5.96 Å². The summed E-state index contributed by atoms with van der Waals surface area (Å²) in [6, 6.07) is 12.5. The molecule has 0 radical (unpaired) electrons. The molecular formula is C21H24ClN3O3. The number of benzene rings is 2. The van der Waals surface area contributed by atoms with Crippen LogP contribution >= 0.6 is 11.6 Å². The molecular weight excluding hydrogens is 378 g/mol. The van der Waals surface area contributed by atoms with Crippen LogP contribution in [0.5, 0.6) is 5.75 Å². The van der Waals surface area contributed by atoms with Crippen LogP contribution in [0.15, 0.2) is 47.5 Å². The van der Waals surface area contributed by atoms with E-state index in [1.807, 2.05) is 19.1 Å². The number of ether oxygens (including phenoxy) is 2. The first-order valence-corrected chi connectivity index (χ1v) is 9.57. The predicted octanol–water partition coefficient (Wildman–Crippen LogP) is 4.03. The standard InChI is InChI=1S/C21H24ClN3O3/c1-14-11-16(22)8-9-19(14)24-21(23-13-18-7-4-10-28-18)25-20(26)15-5-3-6-17(12-15)27-2/h3,5-6,8-9,11-12,18H,4,7,10,13H2,1-2H3,(H2,23,24,25,26). The Morgan fingerprint density at radius 1 is 1.32 bits per heavy atom. The van der Waals surface area contributed by atoms with Gasteiger partial charge >= 0.3 is 0 Å². The third-order valence-corrected chi connectivity index (χ3v) is 4.72. The van der Waals surface area contributed by atoms with E-state index in [0.717, 1.165) is 30.7 Å². The van der Waals surface area contributed by atoms with Crippen LogP contribution in [0, 0.1) is 6.92 Å². The van der Waals surface area contributed by atoms with Gasteiger partial charge in [0.15, 0.2) is 0 Å². The summed E-state index contributed by atoms with van der Waals surface area (Å²) in [5, 5.41) is 6.71. The molecule has 1 saturated heterocycles. The summed E-state index contributed by atoms with van der Waals surface area (Å²) >= 11 is 6.04.